The van der Waals surface area contributed by atoms with E-state index in [2.05, 4.69) is 15.2 Å². The number of aryl methyl sites for hydroxylation is 1. The molecule has 0 unspecified atom stereocenters. The Morgan fingerprint density at radius 3 is 2.77 bits per heavy atom. The van der Waals surface area contributed by atoms with E-state index < -0.39 is 0 Å². The number of H-pyrrole nitrogens is 1. The number of rotatable bonds is 6. The monoisotopic (exact) mass is 390 g/mol. The van der Waals surface area contributed by atoms with E-state index in [9.17, 15) is 4.79 Å². The van der Waals surface area contributed by atoms with Crippen LogP contribution in [0.2, 0.25) is 5.02 Å². The van der Waals surface area contributed by atoms with Gasteiger partial charge < -0.3 is 9.30 Å². The van der Waals surface area contributed by atoms with E-state index in [0.29, 0.717) is 21.8 Å². The van der Waals surface area contributed by atoms with Gasteiger partial charge in [0.05, 0.1) is 18.4 Å². The minimum atomic E-state index is 0.0582. The Labute approximate surface area is 160 Å². The zero-order chi connectivity index (χ0) is 18.8. The number of nitrogens with zero attached hydrogens (tertiary/aromatic N) is 3. The first-order chi connectivity index (χ1) is 12.4. The molecule has 0 aliphatic carbocycles. The molecule has 1 aromatic carbocycles. The maximum atomic E-state index is 12.5. The van der Waals surface area contributed by atoms with E-state index in [1.54, 1.807) is 25.3 Å². The van der Waals surface area contributed by atoms with Gasteiger partial charge in [0.1, 0.15) is 5.75 Å². The number of ether oxygens (including phenoxy) is 1. The standard InChI is InChI=1S/C18H19ClN4O2S/c1-10-7-13(11(2)23(10)3)15(24)9-26-18-20-17(21-22-18)14-8-12(19)5-6-16(14)25-4/h5-8H,9H2,1-4H3,(H,20,21,22). The highest BCUT2D eigenvalue weighted by Crippen LogP contribution is 2.31. The van der Waals surface area contributed by atoms with Gasteiger partial charge in [-0.1, -0.05) is 23.4 Å². The third-order valence-electron chi connectivity index (χ3n) is 4.29. The van der Waals surface area contributed by atoms with Crippen molar-refractivity contribution < 1.29 is 9.53 Å². The van der Waals surface area contributed by atoms with Crippen molar-refractivity contribution in [2.24, 2.45) is 7.05 Å². The summed E-state index contributed by atoms with van der Waals surface area (Å²) in [4.78, 5) is 16.9. The maximum Gasteiger partial charge on any atom is 0.209 e. The summed E-state index contributed by atoms with van der Waals surface area (Å²) in [6.07, 6.45) is 0. The van der Waals surface area contributed by atoms with Crippen molar-refractivity contribution in [3.8, 4) is 17.1 Å². The number of carbonyl (C=O) groups is 1. The number of thioether (sulfide) groups is 1. The number of hydrogen-bond donors (Lipinski definition) is 1. The van der Waals surface area contributed by atoms with E-state index >= 15 is 0 Å². The Hall–Kier alpha value is -2.25. The molecule has 0 atom stereocenters. The van der Waals surface area contributed by atoms with Gasteiger partial charge in [0.25, 0.3) is 0 Å². The van der Waals surface area contributed by atoms with Gasteiger partial charge in [-0.3, -0.25) is 9.89 Å². The smallest absolute Gasteiger partial charge is 0.209 e. The molecule has 3 rings (SSSR count). The molecular weight excluding hydrogens is 372 g/mol. The molecule has 0 aliphatic heterocycles. The summed E-state index contributed by atoms with van der Waals surface area (Å²) < 4.78 is 7.35. The van der Waals surface area contributed by atoms with Crippen molar-refractivity contribution >= 4 is 29.1 Å². The summed E-state index contributed by atoms with van der Waals surface area (Å²) in [5.74, 6) is 1.52. The van der Waals surface area contributed by atoms with Crippen LogP contribution in [0.4, 0.5) is 0 Å². The normalized spacial score (nSPS) is 11.0. The van der Waals surface area contributed by atoms with Crippen molar-refractivity contribution in [2.75, 3.05) is 12.9 Å². The third kappa shape index (κ3) is 3.64. The number of benzene rings is 1. The highest BCUT2D eigenvalue weighted by atomic mass is 35.5. The van der Waals surface area contributed by atoms with Gasteiger partial charge in [-0.25, -0.2) is 4.98 Å². The van der Waals surface area contributed by atoms with Crippen molar-refractivity contribution in [3.05, 3.63) is 46.2 Å². The highest BCUT2D eigenvalue weighted by Gasteiger charge is 2.16. The number of carbonyl (C=O) groups excluding carboxylic acids is 1. The van der Waals surface area contributed by atoms with Crippen LogP contribution in [0.5, 0.6) is 5.75 Å². The zero-order valence-corrected chi connectivity index (χ0v) is 16.5. The molecule has 2 heterocycles. The predicted molar refractivity (Wildman–Crippen MR) is 103 cm³/mol. The van der Waals surface area contributed by atoms with Crippen molar-refractivity contribution in [1.82, 2.24) is 19.7 Å². The molecule has 1 N–H and O–H groups in total. The van der Waals surface area contributed by atoms with Crippen LogP contribution in [0.3, 0.4) is 0 Å². The average molecular weight is 391 g/mol. The lowest BCUT2D eigenvalue weighted by molar-refractivity contribution is 0.102. The SMILES string of the molecule is COc1ccc(Cl)cc1-c1nc(SCC(=O)c2cc(C)n(C)c2C)n[nH]1. The molecule has 6 nitrogen and oxygen atoms in total. The first-order valence-electron chi connectivity index (χ1n) is 7.96. The van der Waals surface area contributed by atoms with E-state index in [0.717, 1.165) is 22.5 Å². The van der Waals surface area contributed by atoms with Crippen LogP contribution in [0.25, 0.3) is 11.4 Å². The van der Waals surface area contributed by atoms with Crippen molar-refractivity contribution in [3.63, 3.8) is 0 Å². The quantitative estimate of drug-likeness (QED) is 0.507. The van der Waals surface area contributed by atoms with Crippen LogP contribution < -0.4 is 4.74 Å². The van der Waals surface area contributed by atoms with Crippen LogP contribution >= 0.6 is 23.4 Å². The molecule has 0 saturated heterocycles. The highest BCUT2D eigenvalue weighted by molar-refractivity contribution is 7.99. The summed E-state index contributed by atoms with van der Waals surface area (Å²) in [5, 5.41) is 8.14. The van der Waals surface area contributed by atoms with Crippen LogP contribution in [0.15, 0.2) is 29.4 Å². The largest absolute Gasteiger partial charge is 0.496 e. The summed E-state index contributed by atoms with van der Waals surface area (Å²) >= 11 is 7.36. The predicted octanol–water partition coefficient (Wildman–Crippen LogP) is 4.06. The minimum Gasteiger partial charge on any atom is -0.496 e. The topological polar surface area (TPSA) is 72.8 Å². The molecule has 26 heavy (non-hydrogen) atoms. The number of ketones is 1. The molecule has 8 heteroatoms. The molecule has 136 valence electrons. The Bertz CT molecular complexity index is 964. The van der Waals surface area contributed by atoms with Crippen LogP contribution in [-0.2, 0) is 7.05 Å². The number of halogens is 1. The molecule has 2 aromatic heterocycles. The molecule has 0 saturated carbocycles. The molecule has 0 bridgehead atoms. The second-order valence-corrected chi connectivity index (χ2v) is 7.25. The lowest BCUT2D eigenvalue weighted by atomic mass is 10.2. The molecule has 0 amide bonds. The molecule has 0 radical (unpaired) electrons. The number of aromatic amines is 1. The van der Waals surface area contributed by atoms with Crippen molar-refractivity contribution in [2.45, 2.75) is 19.0 Å². The van der Waals surface area contributed by atoms with Crippen molar-refractivity contribution in [1.29, 1.82) is 0 Å². The molecule has 3 aromatic rings. The van der Waals surface area contributed by atoms with Gasteiger partial charge in [0.15, 0.2) is 11.6 Å². The number of Topliss-reactive ketones (excluding diaryl/α,β-unsaturated/α-hetero) is 1. The second-order valence-electron chi connectivity index (χ2n) is 5.87. The number of nitrogens with one attached hydrogen (secondary N) is 1. The first-order valence-corrected chi connectivity index (χ1v) is 9.32. The number of methoxy groups -OCH3 is 1. The van der Waals surface area contributed by atoms with Gasteiger partial charge in [0, 0.05) is 29.0 Å². The summed E-state index contributed by atoms with van der Waals surface area (Å²) in [6.45, 7) is 3.93. The maximum absolute atomic E-state index is 12.5. The van der Waals surface area contributed by atoms with Gasteiger partial charge in [-0.15, -0.1) is 5.10 Å². The van der Waals surface area contributed by atoms with Gasteiger partial charge in [-0.05, 0) is 38.1 Å². The Morgan fingerprint density at radius 2 is 2.12 bits per heavy atom. The fraction of sp³-hybridized carbons (Fsp3) is 0.278. The zero-order valence-electron chi connectivity index (χ0n) is 15.0. The second kappa shape index (κ2) is 7.55. The van der Waals surface area contributed by atoms with E-state index in [-0.39, 0.29) is 11.5 Å². The first kappa shape index (κ1) is 18.5. The molecule has 0 spiro atoms. The summed E-state index contributed by atoms with van der Waals surface area (Å²) in [5.41, 5.74) is 3.49. The summed E-state index contributed by atoms with van der Waals surface area (Å²) in [7, 11) is 3.54. The van der Waals surface area contributed by atoms with E-state index in [1.165, 1.54) is 11.8 Å². The fourth-order valence-electron chi connectivity index (χ4n) is 2.64. The Balaban J connectivity index is 1.74. The Kier molecular flexibility index (Phi) is 5.38. The molecule has 0 aliphatic rings. The number of aromatic nitrogens is 4. The van der Waals surface area contributed by atoms with E-state index in [1.807, 2.05) is 31.5 Å². The summed E-state index contributed by atoms with van der Waals surface area (Å²) in [6, 6.07) is 7.20. The molecule has 0 fully saturated rings. The van der Waals surface area contributed by atoms with Crippen LogP contribution in [0, 0.1) is 13.8 Å². The average Bonchev–Trinajstić information content (AvgIpc) is 3.20. The lowest BCUT2D eigenvalue weighted by Crippen LogP contribution is -2.04. The number of hydrogen-bond acceptors (Lipinski definition) is 5. The van der Waals surface area contributed by atoms with E-state index in [4.69, 9.17) is 16.3 Å². The van der Waals surface area contributed by atoms with Gasteiger partial charge in [-0.2, -0.15) is 0 Å². The third-order valence-corrected chi connectivity index (χ3v) is 5.37. The lowest BCUT2D eigenvalue weighted by Gasteiger charge is -2.05. The fourth-order valence-corrected chi connectivity index (χ4v) is 3.50. The van der Waals surface area contributed by atoms with Crippen LogP contribution in [0.1, 0.15) is 21.7 Å². The Morgan fingerprint density at radius 1 is 1.35 bits per heavy atom. The molecular formula is C18H19ClN4O2S. The van der Waals surface area contributed by atoms with Crippen LogP contribution in [-0.4, -0.2) is 38.4 Å². The minimum absolute atomic E-state index is 0.0582. The van der Waals surface area contributed by atoms with Gasteiger partial charge in [0.2, 0.25) is 5.16 Å². The van der Waals surface area contributed by atoms with Gasteiger partial charge >= 0.3 is 0 Å².